The average molecular weight is 578 g/mol. The molecule has 1 aliphatic heterocycles. The Morgan fingerprint density at radius 3 is 2.27 bits per heavy atom. The predicted molar refractivity (Wildman–Crippen MR) is 163 cm³/mol. The molecule has 1 heterocycles. The highest BCUT2D eigenvalue weighted by Crippen LogP contribution is 2.33. The molecule has 8 heteroatoms. The van der Waals surface area contributed by atoms with Crippen molar-refractivity contribution < 1.29 is 17.9 Å². The number of ether oxygens (including phenoxy) is 1. The monoisotopic (exact) mass is 577 g/mol. The minimum Gasteiger partial charge on any atom is -0.493 e. The fraction of sp³-hybridized carbons (Fsp3) is 0.424. The molecule has 0 spiro atoms. The Balaban J connectivity index is 1.49. The van der Waals surface area contributed by atoms with Crippen LogP contribution in [-0.4, -0.2) is 26.5 Å². The van der Waals surface area contributed by atoms with Crippen molar-refractivity contribution in [2.45, 2.75) is 88.9 Å². The maximum Gasteiger partial charge on any atom is 0.241 e. The normalized spacial score (nSPS) is 16.4. The summed E-state index contributed by atoms with van der Waals surface area (Å²) in [5.41, 5.74) is 3.72. The summed E-state index contributed by atoms with van der Waals surface area (Å²) in [6.07, 6.45) is 0.601. The zero-order chi connectivity index (χ0) is 29.8. The van der Waals surface area contributed by atoms with Gasteiger partial charge in [0.2, 0.25) is 15.9 Å². The number of carbonyl (C=O) groups is 1. The van der Waals surface area contributed by atoms with Gasteiger partial charge in [0.15, 0.2) is 0 Å². The molecule has 0 aliphatic carbocycles. The number of benzene rings is 3. The van der Waals surface area contributed by atoms with Crippen molar-refractivity contribution in [3.63, 3.8) is 0 Å². The van der Waals surface area contributed by atoms with Gasteiger partial charge in [-0.25, -0.2) is 13.1 Å². The van der Waals surface area contributed by atoms with Crippen molar-refractivity contribution in [2.75, 3.05) is 6.61 Å². The van der Waals surface area contributed by atoms with Crippen LogP contribution in [0.4, 0.5) is 0 Å². The fourth-order valence-electron chi connectivity index (χ4n) is 4.80. The largest absolute Gasteiger partial charge is 0.493 e. The molecule has 1 amide bonds. The van der Waals surface area contributed by atoms with Gasteiger partial charge in [-0.2, -0.15) is 0 Å². The topological polar surface area (TPSA) is 96.5 Å². The summed E-state index contributed by atoms with van der Waals surface area (Å²) >= 11 is 0. The van der Waals surface area contributed by atoms with Crippen LogP contribution in [0.2, 0.25) is 0 Å². The van der Waals surface area contributed by atoms with E-state index in [-0.39, 0.29) is 34.2 Å². The number of hydrogen-bond acceptors (Lipinski definition) is 5. The van der Waals surface area contributed by atoms with Crippen LogP contribution in [0.15, 0.2) is 77.7 Å². The molecular weight excluding hydrogens is 534 g/mol. The van der Waals surface area contributed by atoms with Crippen LogP contribution >= 0.6 is 0 Å². The molecule has 1 aliphatic rings. The minimum absolute atomic E-state index is 0.0000419. The lowest BCUT2D eigenvalue weighted by molar-refractivity contribution is -0.122. The molecule has 0 unspecified atom stereocenters. The molecule has 7 nitrogen and oxygen atoms in total. The number of carbonyl (C=O) groups excluding carboxylic acids is 1. The van der Waals surface area contributed by atoms with Gasteiger partial charge in [0.05, 0.1) is 23.6 Å². The molecule has 41 heavy (non-hydrogen) atoms. The Morgan fingerprint density at radius 1 is 0.951 bits per heavy atom. The van der Waals surface area contributed by atoms with Gasteiger partial charge >= 0.3 is 0 Å². The molecule has 0 saturated heterocycles. The SMILES string of the molecule is CC(C)(C)NCc1ccc2c(c1)OCC[C@H]2NC(=O)C[C@@H](NS(=O)(=O)c1ccc(C(C)(C)C)cc1)c1ccccc1. The van der Waals surface area contributed by atoms with Gasteiger partial charge in [-0.05, 0) is 61.1 Å². The quantitative estimate of drug-likeness (QED) is 0.293. The molecular formula is C33H43N3O4S. The molecule has 0 radical (unpaired) electrons. The minimum atomic E-state index is -3.87. The summed E-state index contributed by atoms with van der Waals surface area (Å²) in [5, 5.41) is 6.61. The van der Waals surface area contributed by atoms with E-state index in [1.807, 2.05) is 54.6 Å². The maximum atomic E-state index is 13.4. The second kappa shape index (κ2) is 12.3. The molecule has 0 fully saturated rings. The second-order valence-electron chi connectivity index (χ2n) is 12.8. The highest BCUT2D eigenvalue weighted by atomic mass is 32.2. The lowest BCUT2D eigenvalue weighted by atomic mass is 9.87. The van der Waals surface area contributed by atoms with E-state index in [4.69, 9.17) is 4.74 Å². The number of sulfonamides is 1. The van der Waals surface area contributed by atoms with Gasteiger partial charge in [0.1, 0.15) is 5.75 Å². The Hall–Kier alpha value is -3.20. The van der Waals surface area contributed by atoms with E-state index in [0.29, 0.717) is 13.0 Å². The molecule has 3 aromatic carbocycles. The molecule has 220 valence electrons. The summed E-state index contributed by atoms with van der Waals surface area (Å²) in [7, 11) is -3.87. The maximum absolute atomic E-state index is 13.4. The molecule has 0 bridgehead atoms. The molecule has 3 N–H and O–H groups in total. The van der Waals surface area contributed by atoms with Crippen LogP contribution in [0.5, 0.6) is 5.75 Å². The first kappa shape index (κ1) is 30.8. The molecule has 4 rings (SSSR count). The Kier molecular flexibility index (Phi) is 9.26. The summed E-state index contributed by atoms with van der Waals surface area (Å²) in [6, 6.07) is 21.3. The van der Waals surface area contributed by atoms with Crippen molar-refractivity contribution in [1.82, 2.24) is 15.4 Å². The summed E-state index contributed by atoms with van der Waals surface area (Å²) in [5.74, 6) is 0.537. The number of nitrogens with one attached hydrogen (secondary N) is 3. The lowest BCUT2D eigenvalue weighted by Gasteiger charge is -2.28. The highest BCUT2D eigenvalue weighted by Gasteiger charge is 2.28. The van der Waals surface area contributed by atoms with Gasteiger partial charge in [0.25, 0.3) is 0 Å². The first-order chi connectivity index (χ1) is 19.2. The first-order valence-corrected chi connectivity index (χ1v) is 15.7. The van der Waals surface area contributed by atoms with E-state index >= 15 is 0 Å². The van der Waals surface area contributed by atoms with Gasteiger partial charge < -0.3 is 15.4 Å². The number of hydrogen-bond donors (Lipinski definition) is 3. The number of amides is 1. The Labute approximate surface area is 245 Å². The van der Waals surface area contributed by atoms with E-state index in [1.165, 1.54) is 0 Å². The number of fused-ring (bicyclic) bond motifs is 1. The van der Waals surface area contributed by atoms with Crippen LogP contribution < -0.4 is 20.1 Å². The average Bonchev–Trinajstić information content (AvgIpc) is 2.91. The van der Waals surface area contributed by atoms with Gasteiger partial charge in [0, 0.05) is 30.5 Å². The van der Waals surface area contributed by atoms with E-state index in [0.717, 1.165) is 34.5 Å². The van der Waals surface area contributed by atoms with E-state index in [1.54, 1.807) is 12.1 Å². The van der Waals surface area contributed by atoms with Crippen LogP contribution in [0, 0.1) is 0 Å². The summed E-state index contributed by atoms with van der Waals surface area (Å²) < 4.78 is 35.5. The van der Waals surface area contributed by atoms with Gasteiger partial charge in [-0.3, -0.25) is 4.79 Å². The molecule has 0 saturated carbocycles. The van der Waals surface area contributed by atoms with Crippen LogP contribution in [0.3, 0.4) is 0 Å². The zero-order valence-corrected chi connectivity index (χ0v) is 25.8. The van der Waals surface area contributed by atoms with E-state index in [9.17, 15) is 13.2 Å². The fourth-order valence-corrected chi connectivity index (χ4v) is 6.03. The Morgan fingerprint density at radius 2 is 1.63 bits per heavy atom. The zero-order valence-electron chi connectivity index (χ0n) is 25.0. The number of rotatable bonds is 9. The van der Waals surface area contributed by atoms with E-state index < -0.39 is 16.1 Å². The van der Waals surface area contributed by atoms with Crippen molar-refractivity contribution in [3.05, 3.63) is 95.1 Å². The molecule has 2 atom stereocenters. The molecule has 0 aromatic heterocycles. The lowest BCUT2D eigenvalue weighted by Crippen LogP contribution is -2.37. The predicted octanol–water partition coefficient (Wildman–Crippen LogP) is 5.92. The van der Waals surface area contributed by atoms with Crippen molar-refractivity contribution in [3.8, 4) is 5.75 Å². The van der Waals surface area contributed by atoms with Crippen LogP contribution in [0.1, 0.15) is 88.7 Å². The van der Waals surface area contributed by atoms with E-state index in [2.05, 4.69) is 63.0 Å². The summed E-state index contributed by atoms with van der Waals surface area (Å²) in [6.45, 7) is 13.8. The highest BCUT2D eigenvalue weighted by molar-refractivity contribution is 7.89. The smallest absolute Gasteiger partial charge is 0.241 e. The van der Waals surface area contributed by atoms with Crippen LogP contribution in [0.25, 0.3) is 0 Å². The third kappa shape index (κ3) is 8.41. The van der Waals surface area contributed by atoms with Crippen LogP contribution in [-0.2, 0) is 26.8 Å². The summed E-state index contributed by atoms with van der Waals surface area (Å²) in [4.78, 5) is 13.5. The van der Waals surface area contributed by atoms with Crippen molar-refractivity contribution >= 4 is 15.9 Å². The second-order valence-corrected chi connectivity index (χ2v) is 14.5. The van der Waals surface area contributed by atoms with Gasteiger partial charge in [-0.15, -0.1) is 0 Å². The van der Waals surface area contributed by atoms with Gasteiger partial charge in [-0.1, -0.05) is 75.4 Å². The van der Waals surface area contributed by atoms with Crippen molar-refractivity contribution in [2.24, 2.45) is 0 Å². The third-order valence-corrected chi connectivity index (χ3v) is 8.68. The standard InChI is InChI=1S/C33H43N3O4S/c1-32(2,3)25-13-15-26(16-14-25)41(38,39)36-29(24-10-8-7-9-11-24)21-31(37)35-28-18-19-40-30-20-23(12-17-27(28)30)22-34-33(4,5)6/h7-17,20,28-29,34,36H,18-19,21-22H2,1-6H3,(H,35,37)/t28-,29-/m1/s1. The third-order valence-electron chi connectivity index (χ3n) is 7.20. The first-order valence-electron chi connectivity index (χ1n) is 14.2. The molecule has 3 aromatic rings. The van der Waals surface area contributed by atoms with Crippen molar-refractivity contribution in [1.29, 1.82) is 0 Å². The Bertz CT molecular complexity index is 1440.